The Balaban J connectivity index is 1.66. The summed E-state index contributed by atoms with van der Waals surface area (Å²) in [4.78, 5) is 24.0. The number of nitrogens with zero attached hydrogens (tertiary/aromatic N) is 2. The molecule has 8 nitrogen and oxygen atoms in total. The minimum atomic E-state index is -1.17. The minimum absolute atomic E-state index is 0.0213. The van der Waals surface area contributed by atoms with Crippen LogP contribution in [0.15, 0.2) is 53.0 Å². The summed E-state index contributed by atoms with van der Waals surface area (Å²) in [5, 5.41) is 9.14. The number of hydrogen-bond donors (Lipinski definition) is 1. The van der Waals surface area contributed by atoms with Crippen LogP contribution in [0.4, 0.5) is 4.39 Å². The van der Waals surface area contributed by atoms with Crippen LogP contribution in [0.5, 0.6) is 17.2 Å². The van der Waals surface area contributed by atoms with E-state index in [4.69, 9.17) is 42.5 Å². The average molecular weight is 537 g/mol. The summed E-state index contributed by atoms with van der Waals surface area (Å²) in [6, 6.07) is 9.02. The Morgan fingerprint density at radius 2 is 1.81 bits per heavy atom. The fourth-order valence-electron chi connectivity index (χ4n) is 3.92. The third-order valence-electron chi connectivity index (χ3n) is 5.51. The van der Waals surface area contributed by atoms with Gasteiger partial charge in [-0.25, -0.2) is 13.9 Å². The Kier molecular flexibility index (Phi) is 7.91. The molecule has 190 valence electrons. The quantitative estimate of drug-likeness (QED) is 0.277. The number of halogens is 3. The number of hydrogen-bond acceptors (Lipinski definition) is 5. The van der Waals surface area contributed by atoms with E-state index in [2.05, 4.69) is 0 Å². The van der Waals surface area contributed by atoms with Gasteiger partial charge in [-0.1, -0.05) is 35.3 Å². The number of rotatable bonds is 9. The van der Waals surface area contributed by atoms with Crippen LogP contribution < -0.4 is 15.0 Å². The molecule has 0 bridgehead atoms. The van der Waals surface area contributed by atoms with Gasteiger partial charge in [-0.15, -0.1) is 0 Å². The van der Waals surface area contributed by atoms with E-state index in [0.717, 1.165) is 25.0 Å². The molecular formula is C25H23Cl2FN2O6. The zero-order valence-electron chi connectivity index (χ0n) is 19.3. The third-order valence-corrected chi connectivity index (χ3v) is 6.19. The predicted molar refractivity (Wildman–Crippen MR) is 133 cm³/mol. The largest absolute Gasteiger partial charge is 0.494 e. The van der Waals surface area contributed by atoms with Crippen LogP contribution in [0.3, 0.4) is 0 Å². The van der Waals surface area contributed by atoms with Gasteiger partial charge >= 0.3 is 5.97 Å². The van der Waals surface area contributed by atoms with Gasteiger partial charge in [0.25, 0.3) is 5.56 Å². The van der Waals surface area contributed by atoms with Gasteiger partial charge in [-0.05, 0) is 44.0 Å². The molecule has 1 N–H and O–H groups in total. The maximum absolute atomic E-state index is 15.0. The van der Waals surface area contributed by atoms with Gasteiger partial charge in [0.2, 0.25) is 0 Å². The molecule has 11 heteroatoms. The van der Waals surface area contributed by atoms with Crippen molar-refractivity contribution in [3.8, 4) is 28.4 Å². The summed E-state index contributed by atoms with van der Waals surface area (Å²) in [7, 11) is 0. The van der Waals surface area contributed by atoms with E-state index in [0.29, 0.717) is 13.1 Å². The highest BCUT2D eigenvalue weighted by Crippen LogP contribution is 2.40. The molecule has 0 radical (unpaired) electrons. The molecule has 4 rings (SSSR count). The fourth-order valence-corrected chi connectivity index (χ4v) is 4.47. The lowest BCUT2D eigenvalue weighted by Crippen LogP contribution is -2.27. The average Bonchev–Trinajstić information content (AvgIpc) is 3.10. The van der Waals surface area contributed by atoms with E-state index in [-0.39, 0.29) is 63.1 Å². The predicted octanol–water partition coefficient (Wildman–Crippen LogP) is 5.73. The maximum atomic E-state index is 15.0. The van der Waals surface area contributed by atoms with Gasteiger partial charge in [0, 0.05) is 18.7 Å². The Morgan fingerprint density at radius 1 is 1.11 bits per heavy atom. The van der Waals surface area contributed by atoms with Crippen LogP contribution in [0.25, 0.3) is 11.1 Å². The van der Waals surface area contributed by atoms with Crippen LogP contribution >= 0.6 is 23.2 Å². The molecule has 0 aliphatic carbocycles. The molecule has 1 aliphatic heterocycles. The number of aliphatic carboxylic acids is 1. The van der Waals surface area contributed by atoms with Crippen molar-refractivity contribution in [3.05, 3.63) is 74.6 Å². The Bertz CT molecular complexity index is 1380. The summed E-state index contributed by atoms with van der Waals surface area (Å²) < 4.78 is 35.1. The summed E-state index contributed by atoms with van der Waals surface area (Å²) in [5.74, 6) is -1.16. The molecular weight excluding hydrogens is 514 g/mol. The van der Waals surface area contributed by atoms with Crippen LogP contribution in [-0.2, 0) is 22.6 Å². The molecule has 0 amide bonds. The van der Waals surface area contributed by atoms with Gasteiger partial charge in [0.05, 0.1) is 23.3 Å². The topological polar surface area (TPSA) is 91.9 Å². The van der Waals surface area contributed by atoms with E-state index in [1.807, 2.05) is 0 Å². The Morgan fingerprint density at radius 3 is 2.47 bits per heavy atom. The van der Waals surface area contributed by atoms with Gasteiger partial charge in [-0.2, -0.15) is 0 Å². The third kappa shape index (κ3) is 5.37. The monoisotopic (exact) mass is 536 g/mol. The highest BCUT2D eigenvalue weighted by molar-refractivity contribution is 6.33. The van der Waals surface area contributed by atoms with Crippen LogP contribution in [-0.4, -0.2) is 33.7 Å². The molecule has 0 unspecified atom stereocenters. The molecule has 2 aromatic carbocycles. The maximum Gasteiger partial charge on any atom is 0.331 e. The van der Waals surface area contributed by atoms with Gasteiger partial charge < -0.3 is 19.3 Å². The second-order valence-electron chi connectivity index (χ2n) is 7.91. The van der Waals surface area contributed by atoms with E-state index in [1.165, 1.54) is 10.7 Å². The standard InChI is InChI=1S/C25H23Cl2FN2O6/c1-2-34-15(11-22(31)32)14-35-19-7-3-4-8-20(19)36-21-12-16(18(28)13-17(21)26)23-24(27)29-9-5-6-10-30(29)25(23)33/h3-4,7-8,11-13H,2,5-6,9-10,14H2,1H3,(H,31,32)/b15-11+. The SMILES string of the molecule is CCO/C(=C/C(=O)O)COc1ccccc1Oc1cc(-c2c(Cl)n3n(c2=O)CCCC3)c(F)cc1Cl. The lowest BCUT2D eigenvalue weighted by Gasteiger charge is -2.17. The lowest BCUT2D eigenvalue weighted by atomic mass is 10.1. The van der Waals surface area contributed by atoms with Crippen molar-refractivity contribution >= 4 is 29.2 Å². The zero-order valence-corrected chi connectivity index (χ0v) is 20.8. The van der Waals surface area contributed by atoms with Crippen molar-refractivity contribution in [2.45, 2.75) is 32.9 Å². The van der Waals surface area contributed by atoms with Gasteiger partial charge in [0.1, 0.15) is 29.1 Å². The summed E-state index contributed by atoms with van der Waals surface area (Å²) in [6.07, 6.45) is 2.62. The minimum Gasteiger partial charge on any atom is -0.494 e. The first kappa shape index (κ1) is 25.7. The van der Waals surface area contributed by atoms with Crippen molar-refractivity contribution in [2.75, 3.05) is 13.2 Å². The van der Waals surface area contributed by atoms with E-state index in [9.17, 15) is 14.0 Å². The van der Waals surface area contributed by atoms with Crippen LogP contribution in [0.2, 0.25) is 10.2 Å². The number of ether oxygens (including phenoxy) is 3. The van der Waals surface area contributed by atoms with Gasteiger partial charge in [-0.3, -0.25) is 9.48 Å². The molecule has 2 heterocycles. The Labute approximate surface area is 216 Å². The fraction of sp³-hybridized carbons (Fsp3) is 0.280. The Hall–Kier alpha value is -3.43. The number of fused-ring (bicyclic) bond motifs is 1. The van der Waals surface area contributed by atoms with Gasteiger partial charge in [0.15, 0.2) is 11.5 Å². The summed E-state index contributed by atoms with van der Waals surface area (Å²) in [6.45, 7) is 2.89. The van der Waals surface area contributed by atoms with Crippen molar-refractivity contribution in [1.29, 1.82) is 0 Å². The molecule has 0 fully saturated rings. The molecule has 3 aromatic rings. The molecule has 1 aliphatic rings. The number of para-hydroxylation sites is 2. The second-order valence-corrected chi connectivity index (χ2v) is 8.67. The highest BCUT2D eigenvalue weighted by Gasteiger charge is 2.25. The first-order valence-corrected chi connectivity index (χ1v) is 12.0. The molecule has 0 saturated carbocycles. The van der Waals surface area contributed by atoms with Crippen LogP contribution in [0.1, 0.15) is 19.8 Å². The molecule has 0 atom stereocenters. The molecule has 1 aromatic heterocycles. The first-order valence-electron chi connectivity index (χ1n) is 11.2. The molecule has 0 saturated heterocycles. The molecule has 0 spiro atoms. The molecule has 36 heavy (non-hydrogen) atoms. The number of carboxylic acids is 1. The first-order chi connectivity index (χ1) is 17.3. The highest BCUT2D eigenvalue weighted by atomic mass is 35.5. The lowest BCUT2D eigenvalue weighted by molar-refractivity contribution is -0.131. The van der Waals surface area contributed by atoms with Crippen molar-refractivity contribution < 1.29 is 28.5 Å². The van der Waals surface area contributed by atoms with Crippen molar-refractivity contribution in [2.24, 2.45) is 0 Å². The second kappa shape index (κ2) is 11.1. The number of benzene rings is 2. The van der Waals surface area contributed by atoms with Crippen molar-refractivity contribution in [1.82, 2.24) is 9.36 Å². The van der Waals surface area contributed by atoms with E-state index >= 15 is 0 Å². The van der Waals surface area contributed by atoms with Crippen LogP contribution in [0, 0.1) is 5.82 Å². The number of carboxylic acid groups (broad SMARTS) is 1. The van der Waals surface area contributed by atoms with Crippen molar-refractivity contribution in [3.63, 3.8) is 0 Å². The van der Waals surface area contributed by atoms with E-state index in [1.54, 1.807) is 35.9 Å². The number of carbonyl (C=O) groups is 1. The normalized spacial score (nSPS) is 13.3. The zero-order chi connectivity index (χ0) is 25.8. The smallest absolute Gasteiger partial charge is 0.331 e. The summed E-state index contributed by atoms with van der Waals surface area (Å²) in [5.41, 5.74) is -0.369. The van der Waals surface area contributed by atoms with E-state index < -0.39 is 11.8 Å². The number of aromatic nitrogens is 2. The summed E-state index contributed by atoms with van der Waals surface area (Å²) >= 11 is 12.8.